The number of carbonyl (C=O) groups excluding carboxylic acids is 1. The van der Waals surface area contributed by atoms with Crippen molar-refractivity contribution in [3.05, 3.63) is 18.0 Å². The van der Waals surface area contributed by atoms with Crippen LogP contribution < -0.4 is 10.5 Å². The quantitative estimate of drug-likeness (QED) is 0.783. The van der Waals surface area contributed by atoms with Crippen molar-refractivity contribution in [2.75, 3.05) is 6.54 Å². The first-order chi connectivity index (χ1) is 7.88. The maximum absolute atomic E-state index is 11.8. The molecule has 0 spiro atoms. The van der Waals surface area contributed by atoms with Crippen molar-refractivity contribution in [1.82, 2.24) is 9.88 Å². The van der Waals surface area contributed by atoms with Crippen LogP contribution in [0, 0.1) is 5.92 Å². The van der Waals surface area contributed by atoms with Gasteiger partial charge in [0.25, 0.3) is 5.91 Å². The fraction of sp³-hybridized carbons (Fsp3) is 0.500. The lowest BCUT2D eigenvalue weighted by Gasteiger charge is -2.04. The maximum atomic E-state index is 11.8. The Morgan fingerprint density at radius 3 is 2.71 bits per heavy atom. The summed E-state index contributed by atoms with van der Waals surface area (Å²) in [5, 5.41) is 7.77. The van der Waals surface area contributed by atoms with Crippen LogP contribution >= 0.6 is 0 Å². The van der Waals surface area contributed by atoms with Gasteiger partial charge >= 0.3 is 0 Å². The minimum absolute atomic E-state index is 0.0448. The molecule has 0 aromatic carbocycles. The molecule has 94 valence electrons. The van der Waals surface area contributed by atoms with Gasteiger partial charge in [-0.2, -0.15) is 0 Å². The number of nitrogens with zero attached hydrogens (tertiary/aromatic N) is 1. The summed E-state index contributed by atoms with van der Waals surface area (Å²) < 4.78 is 23.7. The zero-order valence-corrected chi connectivity index (χ0v) is 10.3. The number of aryl methyl sites for hydroxylation is 1. The molecule has 6 nitrogen and oxygen atoms in total. The fourth-order valence-corrected chi connectivity index (χ4v) is 2.15. The molecule has 0 radical (unpaired) electrons. The Morgan fingerprint density at radius 1 is 1.59 bits per heavy atom. The standard InChI is InChI=1S/C10H15N3O3S/c1-13-6-8(17(11,15)16)4-9(13)10(14)12-5-7-2-3-7/h4,6-7H,2-3,5H2,1H3,(H,12,14)(H2,11,15,16). The normalized spacial score (nSPS) is 15.9. The lowest BCUT2D eigenvalue weighted by atomic mass is 10.3. The molecular weight excluding hydrogens is 242 g/mol. The second kappa shape index (κ2) is 4.15. The number of rotatable bonds is 4. The average molecular weight is 257 g/mol. The van der Waals surface area contributed by atoms with Crippen LogP contribution in [0.2, 0.25) is 0 Å². The monoisotopic (exact) mass is 257 g/mol. The molecule has 1 aliphatic rings. The van der Waals surface area contributed by atoms with Crippen molar-refractivity contribution in [1.29, 1.82) is 0 Å². The van der Waals surface area contributed by atoms with E-state index in [0.717, 1.165) is 12.8 Å². The highest BCUT2D eigenvalue weighted by atomic mass is 32.2. The van der Waals surface area contributed by atoms with Crippen LogP contribution in [0.15, 0.2) is 17.2 Å². The van der Waals surface area contributed by atoms with Gasteiger partial charge in [0.15, 0.2) is 0 Å². The minimum Gasteiger partial charge on any atom is -0.350 e. The second-order valence-electron chi connectivity index (χ2n) is 4.37. The van der Waals surface area contributed by atoms with Crippen LogP contribution in [0.3, 0.4) is 0 Å². The summed E-state index contributed by atoms with van der Waals surface area (Å²) in [6.45, 7) is 0.648. The first-order valence-electron chi connectivity index (χ1n) is 5.35. The van der Waals surface area contributed by atoms with Crippen molar-refractivity contribution < 1.29 is 13.2 Å². The smallest absolute Gasteiger partial charge is 0.267 e. The third-order valence-electron chi connectivity index (χ3n) is 2.79. The van der Waals surface area contributed by atoms with E-state index in [0.29, 0.717) is 18.2 Å². The predicted octanol–water partition coefficient (Wildman–Crippen LogP) is -0.188. The fourth-order valence-electron chi connectivity index (χ4n) is 1.57. The highest BCUT2D eigenvalue weighted by Gasteiger charge is 2.23. The van der Waals surface area contributed by atoms with Gasteiger partial charge in [-0.1, -0.05) is 0 Å². The second-order valence-corrected chi connectivity index (χ2v) is 5.93. The van der Waals surface area contributed by atoms with Crippen molar-refractivity contribution in [3.8, 4) is 0 Å². The van der Waals surface area contributed by atoms with Gasteiger partial charge in [-0.15, -0.1) is 0 Å². The van der Waals surface area contributed by atoms with E-state index in [-0.39, 0.29) is 10.8 Å². The molecule has 2 rings (SSSR count). The first-order valence-corrected chi connectivity index (χ1v) is 6.90. The molecule has 7 heteroatoms. The summed E-state index contributed by atoms with van der Waals surface area (Å²) in [6, 6.07) is 1.29. The molecule has 1 fully saturated rings. The van der Waals surface area contributed by atoms with Gasteiger partial charge in [0, 0.05) is 19.8 Å². The van der Waals surface area contributed by atoms with Crippen molar-refractivity contribution in [3.63, 3.8) is 0 Å². The van der Waals surface area contributed by atoms with Crippen LogP contribution in [0.4, 0.5) is 0 Å². The Labute approximate surface area is 99.8 Å². The number of nitrogens with one attached hydrogen (secondary N) is 1. The molecule has 1 saturated carbocycles. The number of primary sulfonamides is 1. The molecule has 0 aliphatic heterocycles. The Kier molecular flexibility index (Phi) is 2.96. The van der Waals surface area contributed by atoms with Gasteiger partial charge < -0.3 is 9.88 Å². The summed E-state index contributed by atoms with van der Waals surface area (Å²) >= 11 is 0. The van der Waals surface area contributed by atoms with Gasteiger partial charge in [0.05, 0.1) is 0 Å². The predicted molar refractivity (Wildman–Crippen MR) is 61.8 cm³/mol. The van der Waals surface area contributed by atoms with Crippen LogP contribution in [0.5, 0.6) is 0 Å². The van der Waals surface area contributed by atoms with Gasteiger partial charge in [0.1, 0.15) is 10.6 Å². The highest BCUT2D eigenvalue weighted by molar-refractivity contribution is 7.89. The number of hydrogen-bond donors (Lipinski definition) is 2. The number of nitrogens with two attached hydrogens (primary N) is 1. The van der Waals surface area contributed by atoms with E-state index in [4.69, 9.17) is 5.14 Å². The number of hydrogen-bond acceptors (Lipinski definition) is 3. The minimum atomic E-state index is -3.76. The summed E-state index contributed by atoms with van der Waals surface area (Å²) in [4.78, 5) is 11.7. The van der Waals surface area contributed by atoms with E-state index in [2.05, 4.69) is 5.32 Å². The van der Waals surface area contributed by atoms with E-state index < -0.39 is 10.0 Å². The lowest BCUT2D eigenvalue weighted by Crippen LogP contribution is -2.27. The largest absolute Gasteiger partial charge is 0.350 e. The molecule has 1 aliphatic carbocycles. The molecule has 1 aromatic heterocycles. The molecule has 1 amide bonds. The van der Waals surface area contributed by atoms with E-state index in [1.54, 1.807) is 7.05 Å². The summed E-state index contributed by atoms with van der Waals surface area (Å²) in [7, 11) is -2.15. The van der Waals surface area contributed by atoms with Gasteiger partial charge in [-0.3, -0.25) is 4.79 Å². The van der Waals surface area contributed by atoms with Gasteiger partial charge in [-0.05, 0) is 24.8 Å². The van der Waals surface area contributed by atoms with E-state index in [9.17, 15) is 13.2 Å². The van der Waals surface area contributed by atoms with Gasteiger partial charge in [-0.25, -0.2) is 13.6 Å². The van der Waals surface area contributed by atoms with Crippen LogP contribution in [-0.4, -0.2) is 25.4 Å². The van der Waals surface area contributed by atoms with E-state index >= 15 is 0 Å². The first kappa shape index (κ1) is 12.1. The molecular formula is C10H15N3O3S. The van der Waals surface area contributed by atoms with Gasteiger partial charge in [0.2, 0.25) is 10.0 Å². The number of aromatic nitrogens is 1. The average Bonchev–Trinajstić information content (AvgIpc) is 2.95. The van der Waals surface area contributed by atoms with Crippen LogP contribution in [-0.2, 0) is 17.1 Å². The summed E-state index contributed by atoms with van der Waals surface area (Å²) in [5.74, 6) is 0.311. The summed E-state index contributed by atoms with van der Waals surface area (Å²) in [5.41, 5.74) is 0.301. The molecule has 3 N–H and O–H groups in total. The van der Waals surface area contributed by atoms with E-state index in [1.807, 2.05) is 0 Å². The summed E-state index contributed by atoms with van der Waals surface area (Å²) in [6.07, 6.45) is 3.63. The third-order valence-corrected chi connectivity index (χ3v) is 3.67. The molecule has 0 saturated heterocycles. The maximum Gasteiger partial charge on any atom is 0.267 e. The van der Waals surface area contributed by atoms with Crippen molar-refractivity contribution in [2.45, 2.75) is 17.7 Å². The van der Waals surface area contributed by atoms with Crippen LogP contribution in [0.1, 0.15) is 23.3 Å². The molecule has 1 heterocycles. The lowest BCUT2D eigenvalue weighted by molar-refractivity contribution is 0.0943. The Morgan fingerprint density at radius 2 is 2.24 bits per heavy atom. The van der Waals surface area contributed by atoms with Crippen molar-refractivity contribution >= 4 is 15.9 Å². The topological polar surface area (TPSA) is 94.2 Å². The zero-order valence-electron chi connectivity index (χ0n) is 9.51. The van der Waals surface area contributed by atoms with Crippen molar-refractivity contribution in [2.24, 2.45) is 18.1 Å². The molecule has 1 aromatic rings. The zero-order chi connectivity index (χ0) is 12.6. The molecule has 0 unspecified atom stereocenters. The number of amides is 1. The highest BCUT2D eigenvalue weighted by Crippen LogP contribution is 2.27. The molecule has 0 bridgehead atoms. The SMILES string of the molecule is Cn1cc(S(N)(=O)=O)cc1C(=O)NCC1CC1. The molecule has 17 heavy (non-hydrogen) atoms. The van der Waals surface area contributed by atoms with Crippen LogP contribution in [0.25, 0.3) is 0 Å². The molecule has 0 atom stereocenters. The third kappa shape index (κ3) is 2.86. The number of carbonyl (C=O) groups is 1. The Bertz CT molecular complexity index is 543. The number of sulfonamides is 1. The Balaban J connectivity index is 2.14. The Hall–Kier alpha value is -1.34. The van der Waals surface area contributed by atoms with E-state index in [1.165, 1.54) is 16.8 Å².